The number of ether oxygens (including phenoxy) is 1. The number of rotatable bonds is 4. The van der Waals surface area contributed by atoms with Gasteiger partial charge in [-0.15, -0.1) is 0 Å². The normalized spacial score (nSPS) is 11.3. The number of nitrogens with zero attached hydrogens (tertiary/aromatic N) is 1. The second-order valence-electron chi connectivity index (χ2n) is 6.02. The predicted molar refractivity (Wildman–Crippen MR) is 92.2 cm³/mol. The van der Waals surface area contributed by atoms with Crippen LogP contribution in [0.3, 0.4) is 0 Å². The Hall–Kier alpha value is -2.42. The second kappa shape index (κ2) is 5.76. The number of anilines is 1. The average molecular weight is 294 g/mol. The van der Waals surface area contributed by atoms with Gasteiger partial charge in [0.15, 0.2) is 0 Å². The van der Waals surface area contributed by atoms with Crippen molar-refractivity contribution in [1.29, 1.82) is 0 Å². The van der Waals surface area contributed by atoms with Crippen molar-refractivity contribution in [2.24, 2.45) is 0 Å². The van der Waals surface area contributed by atoms with Crippen molar-refractivity contribution in [3.05, 3.63) is 59.8 Å². The largest absolute Gasteiger partial charge is 0.487 e. The van der Waals surface area contributed by atoms with Crippen LogP contribution in [-0.2, 0) is 6.61 Å². The van der Waals surface area contributed by atoms with Crippen molar-refractivity contribution in [2.45, 2.75) is 33.4 Å². The number of aryl methyl sites for hydroxylation is 1. The smallest absolute Gasteiger partial charge is 0.128 e. The van der Waals surface area contributed by atoms with E-state index in [0.29, 0.717) is 12.6 Å². The van der Waals surface area contributed by atoms with Crippen LogP contribution in [0, 0.1) is 6.92 Å². The van der Waals surface area contributed by atoms with Gasteiger partial charge in [-0.05, 0) is 62.7 Å². The fraction of sp³-hybridized carbons (Fsp3) is 0.263. The molecule has 3 heteroatoms. The molecule has 0 unspecified atom stereocenters. The lowest BCUT2D eigenvalue weighted by molar-refractivity contribution is 0.293. The van der Waals surface area contributed by atoms with E-state index in [1.54, 1.807) is 0 Å². The van der Waals surface area contributed by atoms with Crippen LogP contribution in [0.25, 0.3) is 10.9 Å². The van der Waals surface area contributed by atoms with Crippen LogP contribution in [0.4, 0.5) is 5.69 Å². The third-order valence-corrected chi connectivity index (χ3v) is 3.84. The summed E-state index contributed by atoms with van der Waals surface area (Å²) < 4.78 is 8.28. The van der Waals surface area contributed by atoms with Crippen molar-refractivity contribution in [2.75, 3.05) is 5.73 Å². The van der Waals surface area contributed by atoms with Crippen LogP contribution in [0.1, 0.15) is 31.1 Å². The molecular weight excluding hydrogens is 272 g/mol. The van der Waals surface area contributed by atoms with E-state index in [-0.39, 0.29) is 0 Å². The standard InChI is InChI=1S/C19H22N2O/c1-13(2)21-17(11-15-10-16(20)7-8-19(15)21)12-22-18-6-4-5-14(3)9-18/h4-11,13H,12,20H2,1-3H3. The Morgan fingerprint density at radius 1 is 1.09 bits per heavy atom. The molecule has 1 aromatic heterocycles. The lowest BCUT2D eigenvalue weighted by atomic mass is 10.2. The Labute approximate surface area is 131 Å². The number of benzene rings is 2. The van der Waals surface area contributed by atoms with Crippen LogP contribution in [0.5, 0.6) is 5.75 Å². The monoisotopic (exact) mass is 294 g/mol. The molecule has 0 fully saturated rings. The topological polar surface area (TPSA) is 40.2 Å². The summed E-state index contributed by atoms with van der Waals surface area (Å²) in [7, 11) is 0. The Morgan fingerprint density at radius 3 is 2.64 bits per heavy atom. The van der Waals surface area contributed by atoms with E-state index in [1.165, 1.54) is 11.1 Å². The van der Waals surface area contributed by atoms with Gasteiger partial charge in [0, 0.05) is 22.6 Å². The molecule has 0 amide bonds. The van der Waals surface area contributed by atoms with Crippen LogP contribution >= 0.6 is 0 Å². The highest BCUT2D eigenvalue weighted by Crippen LogP contribution is 2.27. The van der Waals surface area contributed by atoms with E-state index in [1.807, 2.05) is 24.3 Å². The van der Waals surface area contributed by atoms with Crippen LogP contribution in [0.2, 0.25) is 0 Å². The van der Waals surface area contributed by atoms with E-state index in [4.69, 9.17) is 10.5 Å². The van der Waals surface area contributed by atoms with Gasteiger partial charge in [0.1, 0.15) is 12.4 Å². The highest BCUT2D eigenvalue weighted by molar-refractivity contribution is 5.84. The van der Waals surface area contributed by atoms with Crippen LogP contribution in [-0.4, -0.2) is 4.57 Å². The van der Waals surface area contributed by atoms with E-state index in [0.717, 1.165) is 22.5 Å². The van der Waals surface area contributed by atoms with E-state index in [9.17, 15) is 0 Å². The molecular formula is C19H22N2O. The Balaban J connectivity index is 1.94. The van der Waals surface area contributed by atoms with Gasteiger partial charge in [-0.1, -0.05) is 12.1 Å². The first-order chi connectivity index (χ1) is 10.5. The molecule has 2 N–H and O–H groups in total. The summed E-state index contributed by atoms with van der Waals surface area (Å²) in [6.07, 6.45) is 0. The lowest BCUT2D eigenvalue weighted by Gasteiger charge is -2.15. The zero-order valence-corrected chi connectivity index (χ0v) is 13.3. The molecule has 3 nitrogen and oxygen atoms in total. The molecule has 0 bridgehead atoms. The molecule has 0 saturated carbocycles. The number of hydrogen-bond donors (Lipinski definition) is 1. The summed E-state index contributed by atoms with van der Waals surface area (Å²) in [4.78, 5) is 0. The minimum Gasteiger partial charge on any atom is -0.487 e. The van der Waals surface area contributed by atoms with Gasteiger partial charge in [0.2, 0.25) is 0 Å². The maximum Gasteiger partial charge on any atom is 0.128 e. The molecule has 114 valence electrons. The number of nitrogens with two attached hydrogens (primary N) is 1. The Bertz CT molecular complexity index is 802. The first-order valence-electron chi connectivity index (χ1n) is 7.63. The zero-order valence-electron chi connectivity index (χ0n) is 13.3. The van der Waals surface area contributed by atoms with Crippen LogP contribution < -0.4 is 10.5 Å². The number of hydrogen-bond acceptors (Lipinski definition) is 2. The lowest BCUT2D eigenvalue weighted by Crippen LogP contribution is -2.08. The molecule has 0 saturated heterocycles. The molecule has 0 atom stereocenters. The summed E-state index contributed by atoms with van der Waals surface area (Å²) in [5.41, 5.74) is 10.3. The highest BCUT2D eigenvalue weighted by Gasteiger charge is 2.12. The van der Waals surface area contributed by atoms with Gasteiger partial charge in [-0.25, -0.2) is 0 Å². The molecule has 0 aliphatic rings. The maximum atomic E-state index is 5.97. The van der Waals surface area contributed by atoms with Crippen molar-refractivity contribution in [1.82, 2.24) is 4.57 Å². The number of aromatic nitrogens is 1. The van der Waals surface area contributed by atoms with Gasteiger partial charge in [0.25, 0.3) is 0 Å². The molecule has 22 heavy (non-hydrogen) atoms. The van der Waals surface area contributed by atoms with Gasteiger partial charge < -0.3 is 15.0 Å². The minimum atomic E-state index is 0.372. The van der Waals surface area contributed by atoms with Gasteiger partial charge in [-0.2, -0.15) is 0 Å². The minimum absolute atomic E-state index is 0.372. The first kappa shape index (κ1) is 14.5. The number of nitrogen functional groups attached to an aromatic ring is 1. The average Bonchev–Trinajstić information content (AvgIpc) is 2.82. The fourth-order valence-electron chi connectivity index (χ4n) is 2.90. The summed E-state index contributed by atoms with van der Waals surface area (Å²) in [5, 5.41) is 1.16. The molecule has 2 aromatic carbocycles. The Kier molecular flexibility index (Phi) is 3.80. The second-order valence-corrected chi connectivity index (χ2v) is 6.02. The number of fused-ring (bicyclic) bond motifs is 1. The Morgan fingerprint density at radius 2 is 1.91 bits per heavy atom. The quantitative estimate of drug-likeness (QED) is 0.709. The molecule has 0 aliphatic carbocycles. The third kappa shape index (κ3) is 2.80. The van der Waals surface area contributed by atoms with Crippen molar-refractivity contribution in [3.8, 4) is 5.75 Å². The van der Waals surface area contributed by atoms with Crippen molar-refractivity contribution < 1.29 is 4.74 Å². The molecule has 1 heterocycles. The van der Waals surface area contributed by atoms with E-state index >= 15 is 0 Å². The summed E-state index contributed by atoms with van der Waals surface area (Å²) in [6.45, 7) is 6.99. The van der Waals surface area contributed by atoms with Gasteiger partial charge >= 0.3 is 0 Å². The zero-order chi connectivity index (χ0) is 15.7. The van der Waals surface area contributed by atoms with Gasteiger partial charge in [0.05, 0.1) is 5.69 Å². The molecule has 0 spiro atoms. The third-order valence-electron chi connectivity index (χ3n) is 3.84. The highest BCUT2D eigenvalue weighted by atomic mass is 16.5. The predicted octanol–water partition coefficient (Wildman–Crippen LogP) is 4.69. The first-order valence-corrected chi connectivity index (χ1v) is 7.63. The molecule has 0 radical (unpaired) electrons. The summed E-state index contributed by atoms with van der Waals surface area (Å²) >= 11 is 0. The molecule has 0 aliphatic heterocycles. The molecule has 3 aromatic rings. The summed E-state index contributed by atoms with van der Waals surface area (Å²) in [6, 6.07) is 16.7. The van der Waals surface area contributed by atoms with Crippen molar-refractivity contribution >= 4 is 16.6 Å². The van der Waals surface area contributed by atoms with Crippen LogP contribution in [0.15, 0.2) is 48.5 Å². The summed E-state index contributed by atoms with van der Waals surface area (Å²) in [5.74, 6) is 0.903. The SMILES string of the molecule is Cc1cccc(OCc2cc3cc(N)ccc3n2C(C)C)c1. The van der Waals surface area contributed by atoms with Gasteiger partial charge in [-0.3, -0.25) is 0 Å². The maximum absolute atomic E-state index is 5.97. The van der Waals surface area contributed by atoms with E-state index in [2.05, 4.69) is 49.6 Å². The van der Waals surface area contributed by atoms with E-state index < -0.39 is 0 Å². The fourth-order valence-corrected chi connectivity index (χ4v) is 2.90. The molecule has 3 rings (SSSR count). The van der Waals surface area contributed by atoms with Crippen molar-refractivity contribution in [3.63, 3.8) is 0 Å².